The van der Waals surface area contributed by atoms with E-state index < -0.39 is 5.41 Å². The third kappa shape index (κ3) is 8.25. The van der Waals surface area contributed by atoms with Gasteiger partial charge >= 0.3 is 0 Å². The lowest BCUT2D eigenvalue weighted by Crippen LogP contribution is -2.18. The van der Waals surface area contributed by atoms with Gasteiger partial charge in [0, 0.05) is 67.9 Å². The van der Waals surface area contributed by atoms with E-state index in [1.165, 1.54) is 22.3 Å². The highest BCUT2D eigenvalue weighted by Gasteiger charge is 2.39. The first-order valence-corrected chi connectivity index (χ1v) is 27.3. The largest absolute Gasteiger partial charge is 0.294 e. The van der Waals surface area contributed by atoms with Gasteiger partial charge in [0.2, 0.25) is 0 Å². The van der Waals surface area contributed by atoms with E-state index in [0.717, 1.165) is 107 Å². The van der Waals surface area contributed by atoms with Gasteiger partial charge in [-0.15, -0.1) is 0 Å². The van der Waals surface area contributed by atoms with E-state index >= 15 is 0 Å². The van der Waals surface area contributed by atoms with Crippen LogP contribution in [0.1, 0.15) is 25.0 Å². The Morgan fingerprint density at radius 1 is 0.275 bits per heavy atom. The zero-order chi connectivity index (χ0) is 53.6. The summed E-state index contributed by atoms with van der Waals surface area (Å²) in [5.74, 6) is 2.46. The average molecular weight is 1030 g/mol. The number of aromatic nitrogens is 3. The summed E-state index contributed by atoms with van der Waals surface area (Å²) in [6.45, 7) is 4.77. The molecular weight excluding hydrogens is 973 g/mol. The molecule has 0 radical (unpaired) electrons. The molecule has 0 fully saturated rings. The number of fused-ring (bicyclic) bond motifs is 5. The van der Waals surface area contributed by atoms with Crippen molar-refractivity contribution < 1.29 is 0 Å². The van der Waals surface area contributed by atoms with Crippen LogP contribution in [0.5, 0.6) is 0 Å². The van der Waals surface area contributed by atoms with Crippen molar-refractivity contribution in [2.75, 3.05) is 14.7 Å². The van der Waals surface area contributed by atoms with Gasteiger partial charge in [0.1, 0.15) is 17.5 Å². The van der Waals surface area contributed by atoms with Crippen LogP contribution in [0.4, 0.5) is 51.6 Å². The third-order valence-corrected chi connectivity index (χ3v) is 15.8. The molecule has 0 aliphatic heterocycles. The minimum Gasteiger partial charge on any atom is -0.294 e. The number of hydrogen-bond donors (Lipinski definition) is 0. The summed E-state index contributed by atoms with van der Waals surface area (Å²) in [7, 11) is 0. The maximum Gasteiger partial charge on any atom is 0.137 e. The molecule has 0 N–H and O–H groups in total. The van der Waals surface area contributed by atoms with E-state index in [1.807, 2.05) is 36.8 Å². The first-order valence-electron chi connectivity index (χ1n) is 27.3. The zero-order valence-corrected chi connectivity index (χ0v) is 44.4. The van der Waals surface area contributed by atoms with Gasteiger partial charge in [-0.25, -0.2) is 15.0 Å². The number of nitrogens with zero attached hydrogens (tertiary/aromatic N) is 6. The summed E-state index contributed by atoms with van der Waals surface area (Å²) in [6, 6.07) is 97.6. The van der Waals surface area contributed by atoms with Crippen LogP contribution in [0.3, 0.4) is 0 Å². The maximum absolute atomic E-state index is 5.21. The van der Waals surface area contributed by atoms with E-state index in [-0.39, 0.29) is 0 Å². The van der Waals surface area contributed by atoms with Crippen LogP contribution in [-0.4, -0.2) is 15.0 Å². The second-order valence-electron chi connectivity index (χ2n) is 20.8. The number of para-hydroxylation sites is 3. The number of anilines is 9. The molecule has 10 aromatic carbocycles. The molecule has 0 unspecified atom stereocenters. The lowest BCUT2D eigenvalue weighted by molar-refractivity contribution is 0.661. The first kappa shape index (κ1) is 48.0. The van der Waals surface area contributed by atoms with Gasteiger partial charge in [0.25, 0.3) is 0 Å². The van der Waals surface area contributed by atoms with Crippen molar-refractivity contribution in [1.82, 2.24) is 15.0 Å². The van der Waals surface area contributed by atoms with Crippen LogP contribution in [0.25, 0.3) is 66.1 Å². The summed E-state index contributed by atoms with van der Waals surface area (Å²) in [6.07, 6.45) is 5.68. The van der Waals surface area contributed by atoms with Crippen molar-refractivity contribution >= 4 is 73.1 Å². The van der Waals surface area contributed by atoms with Crippen LogP contribution in [0.15, 0.2) is 292 Å². The molecule has 13 aromatic rings. The Morgan fingerprint density at radius 2 is 0.637 bits per heavy atom. The highest BCUT2D eigenvalue weighted by atomic mass is 15.2. The van der Waals surface area contributed by atoms with Gasteiger partial charge < -0.3 is 0 Å². The average Bonchev–Trinajstić information content (AvgIpc) is 3.71. The Morgan fingerprint density at radius 3 is 1.07 bits per heavy atom. The normalized spacial score (nSPS) is 12.2. The van der Waals surface area contributed by atoms with Crippen molar-refractivity contribution in [2.45, 2.75) is 19.3 Å². The van der Waals surface area contributed by atoms with Crippen LogP contribution in [0.2, 0.25) is 0 Å². The molecule has 0 spiro atoms. The Kier molecular flexibility index (Phi) is 12.1. The molecule has 0 saturated carbocycles. The van der Waals surface area contributed by atoms with Gasteiger partial charge in [-0.05, 0) is 118 Å². The standard InChI is InChI=1S/C74H54N6/c1-74(2)64-48-54(78(69-40-20-23-45-75-69)66-37-17-14-32-55(66)51-26-6-3-7-27-51)43-44-58(64)61-49-62-63(50-65(61)74)73(80(71-42-22-25-47-77-71)68-39-19-16-34-57(68)53-30-10-5-11-31-53)60-36-13-12-35-59(60)72(62)79(70-41-21-24-46-76-70)67-38-18-15-33-56(67)52-28-8-4-9-29-52/h3-50H,1-2H3. The van der Waals surface area contributed by atoms with Crippen molar-refractivity contribution in [2.24, 2.45) is 0 Å². The fourth-order valence-electron chi connectivity index (χ4n) is 12.1. The minimum absolute atomic E-state index is 0.453. The quantitative estimate of drug-likeness (QED) is 0.0898. The van der Waals surface area contributed by atoms with E-state index in [9.17, 15) is 0 Å². The fourth-order valence-corrected chi connectivity index (χ4v) is 12.1. The minimum atomic E-state index is -0.453. The van der Waals surface area contributed by atoms with Crippen molar-refractivity contribution in [3.05, 3.63) is 303 Å². The molecule has 1 aliphatic carbocycles. The fraction of sp³-hybridized carbons (Fsp3) is 0.0405. The summed E-state index contributed by atoms with van der Waals surface area (Å²) in [4.78, 5) is 22.5. The van der Waals surface area contributed by atoms with E-state index in [1.54, 1.807) is 0 Å². The second kappa shape index (κ2) is 20.2. The lowest BCUT2D eigenvalue weighted by Gasteiger charge is -2.34. The monoisotopic (exact) mass is 1030 g/mol. The van der Waals surface area contributed by atoms with E-state index in [4.69, 9.17) is 15.0 Å². The number of pyridine rings is 3. The molecule has 6 nitrogen and oxygen atoms in total. The lowest BCUT2D eigenvalue weighted by atomic mass is 9.81. The molecule has 0 bridgehead atoms. The van der Waals surface area contributed by atoms with Gasteiger partial charge in [0.05, 0.1) is 28.4 Å². The molecule has 3 heterocycles. The maximum atomic E-state index is 5.21. The Bertz CT molecular complexity index is 4380. The van der Waals surface area contributed by atoms with Crippen molar-refractivity contribution in [3.8, 4) is 44.5 Å². The topological polar surface area (TPSA) is 48.4 Å². The van der Waals surface area contributed by atoms with Crippen LogP contribution in [0, 0.1) is 0 Å². The third-order valence-electron chi connectivity index (χ3n) is 15.8. The van der Waals surface area contributed by atoms with Gasteiger partial charge in [-0.3, -0.25) is 14.7 Å². The molecule has 0 amide bonds. The summed E-state index contributed by atoms with van der Waals surface area (Å²) in [5, 5.41) is 4.29. The van der Waals surface area contributed by atoms with Gasteiger partial charge in [-0.2, -0.15) is 0 Å². The SMILES string of the molecule is CC1(C)c2cc(N(c3ccccn3)c3ccccc3-c3ccccc3)ccc2-c2cc3c(N(c4ccccn4)c4ccccc4-c4ccccc4)c4ccccc4c(N(c4ccccn4)c4ccccc4-c4ccccc4)c3cc21. The molecular formula is C74H54N6. The van der Waals surface area contributed by atoms with Gasteiger partial charge in [0.15, 0.2) is 0 Å². The molecule has 0 saturated heterocycles. The molecule has 1 aliphatic rings. The predicted octanol–water partition coefficient (Wildman–Crippen LogP) is 19.9. The molecule has 0 atom stereocenters. The Hall–Kier alpha value is -10.4. The summed E-state index contributed by atoms with van der Waals surface area (Å²) < 4.78 is 0. The summed E-state index contributed by atoms with van der Waals surface area (Å²) >= 11 is 0. The predicted molar refractivity (Wildman–Crippen MR) is 333 cm³/mol. The van der Waals surface area contributed by atoms with Crippen molar-refractivity contribution in [1.29, 1.82) is 0 Å². The molecule has 6 heteroatoms. The van der Waals surface area contributed by atoms with Crippen LogP contribution >= 0.6 is 0 Å². The second-order valence-corrected chi connectivity index (χ2v) is 20.8. The summed E-state index contributed by atoms with van der Waals surface area (Å²) in [5.41, 5.74) is 17.3. The number of rotatable bonds is 12. The van der Waals surface area contributed by atoms with E-state index in [2.05, 4.69) is 283 Å². The van der Waals surface area contributed by atoms with Crippen LogP contribution < -0.4 is 14.7 Å². The highest BCUT2D eigenvalue weighted by molar-refractivity contribution is 6.25. The highest BCUT2D eigenvalue weighted by Crippen LogP contribution is 2.58. The zero-order valence-electron chi connectivity index (χ0n) is 44.4. The Balaban J connectivity index is 1.09. The Labute approximate surface area is 466 Å². The molecule has 3 aromatic heterocycles. The molecule has 380 valence electrons. The molecule has 80 heavy (non-hydrogen) atoms. The number of benzene rings is 10. The smallest absolute Gasteiger partial charge is 0.137 e. The molecule has 14 rings (SSSR count). The van der Waals surface area contributed by atoms with E-state index in [0.29, 0.717) is 0 Å². The van der Waals surface area contributed by atoms with Crippen LogP contribution in [-0.2, 0) is 5.41 Å². The number of hydrogen-bond acceptors (Lipinski definition) is 6. The van der Waals surface area contributed by atoms with Gasteiger partial charge in [-0.1, -0.05) is 208 Å². The first-order chi connectivity index (χ1) is 39.5. The van der Waals surface area contributed by atoms with Crippen molar-refractivity contribution in [3.63, 3.8) is 0 Å².